The van der Waals surface area contributed by atoms with Gasteiger partial charge in [0, 0.05) is 12.7 Å². The van der Waals surface area contributed by atoms with E-state index in [-0.39, 0.29) is 16.8 Å². The maximum absolute atomic E-state index is 12.3. The van der Waals surface area contributed by atoms with Crippen molar-refractivity contribution in [2.45, 2.75) is 26.0 Å². The van der Waals surface area contributed by atoms with E-state index in [2.05, 4.69) is 10.3 Å². The van der Waals surface area contributed by atoms with Crippen LogP contribution in [-0.2, 0) is 11.3 Å². The number of benzene rings is 1. The molecule has 1 aromatic carbocycles. The molecule has 2 rings (SSSR count). The van der Waals surface area contributed by atoms with Gasteiger partial charge in [-0.3, -0.25) is 4.79 Å². The second-order valence-electron chi connectivity index (χ2n) is 5.02. The first-order valence-electron chi connectivity index (χ1n) is 7.41. The summed E-state index contributed by atoms with van der Waals surface area (Å²) in [5, 5.41) is 3.51. The minimum Gasteiger partial charge on any atom is -0.497 e. The summed E-state index contributed by atoms with van der Waals surface area (Å²) in [5.41, 5.74) is 0.960. The fourth-order valence-electron chi connectivity index (χ4n) is 1.99. The average Bonchev–Trinajstić information content (AvgIpc) is 2.59. The van der Waals surface area contributed by atoms with Crippen molar-refractivity contribution in [2.75, 3.05) is 7.11 Å². The van der Waals surface area contributed by atoms with Crippen molar-refractivity contribution >= 4 is 29.1 Å². The third kappa shape index (κ3) is 5.01. The van der Waals surface area contributed by atoms with Crippen LogP contribution in [0.1, 0.15) is 18.9 Å². The standard InChI is InChI=1S/C17H18Cl2N2O3/c1-3-15(24-17-14(19)8-12(18)10-21-17)16(22)20-9-11-4-6-13(23-2)7-5-11/h4-8,10,15H,3,9H2,1-2H3,(H,20,22). The number of aromatic nitrogens is 1. The molecule has 24 heavy (non-hydrogen) atoms. The molecule has 0 fully saturated rings. The van der Waals surface area contributed by atoms with E-state index < -0.39 is 6.10 Å². The maximum atomic E-state index is 12.3. The predicted octanol–water partition coefficient (Wildman–Crippen LogP) is 3.87. The highest BCUT2D eigenvalue weighted by Gasteiger charge is 2.20. The molecule has 128 valence electrons. The lowest BCUT2D eigenvalue weighted by atomic mass is 10.2. The molecule has 0 saturated heterocycles. The fraction of sp³-hybridized carbons (Fsp3) is 0.294. The van der Waals surface area contributed by atoms with Crippen molar-refractivity contribution in [2.24, 2.45) is 0 Å². The molecular formula is C17H18Cl2N2O3. The number of nitrogens with zero attached hydrogens (tertiary/aromatic N) is 1. The number of nitrogens with one attached hydrogen (secondary N) is 1. The topological polar surface area (TPSA) is 60.5 Å². The minimum absolute atomic E-state index is 0.188. The molecule has 1 N–H and O–H groups in total. The Morgan fingerprint density at radius 1 is 1.29 bits per heavy atom. The van der Waals surface area contributed by atoms with Crippen LogP contribution in [0.25, 0.3) is 0 Å². The van der Waals surface area contributed by atoms with Crippen LogP contribution in [0.3, 0.4) is 0 Å². The number of carbonyl (C=O) groups excluding carboxylic acids is 1. The molecule has 0 spiro atoms. The summed E-state index contributed by atoms with van der Waals surface area (Å²) in [6.07, 6.45) is 1.22. The summed E-state index contributed by atoms with van der Waals surface area (Å²) in [4.78, 5) is 16.3. The smallest absolute Gasteiger partial charge is 0.261 e. The monoisotopic (exact) mass is 368 g/mol. The van der Waals surface area contributed by atoms with E-state index in [9.17, 15) is 4.79 Å². The molecule has 0 aliphatic rings. The van der Waals surface area contributed by atoms with Crippen LogP contribution in [0, 0.1) is 0 Å². The first-order valence-corrected chi connectivity index (χ1v) is 8.17. The molecule has 1 atom stereocenters. The van der Waals surface area contributed by atoms with Gasteiger partial charge in [-0.15, -0.1) is 0 Å². The van der Waals surface area contributed by atoms with E-state index in [0.717, 1.165) is 11.3 Å². The molecule has 0 aliphatic carbocycles. The van der Waals surface area contributed by atoms with Gasteiger partial charge in [-0.25, -0.2) is 4.98 Å². The molecule has 1 aromatic heterocycles. The Kier molecular flexibility index (Phi) is 6.70. The molecule has 0 bridgehead atoms. The summed E-state index contributed by atoms with van der Waals surface area (Å²) >= 11 is 11.8. The van der Waals surface area contributed by atoms with Gasteiger partial charge in [0.05, 0.1) is 12.1 Å². The first-order chi connectivity index (χ1) is 11.5. The lowest BCUT2D eigenvalue weighted by Crippen LogP contribution is -2.37. The molecule has 1 amide bonds. The van der Waals surface area contributed by atoms with Gasteiger partial charge in [0.25, 0.3) is 5.91 Å². The van der Waals surface area contributed by atoms with E-state index in [1.165, 1.54) is 12.3 Å². The van der Waals surface area contributed by atoms with Crippen LogP contribution >= 0.6 is 23.2 Å². The number of hydrogen-bond donors (Lipinski definition) is 1. The number of amides is 1. The van der Waals surface area contributed by atoms with Gasteiger partial charge in [0.15, 0.2) is 6.10 Å². The highest BCUT2D eigenvalue weighted by Crippen LogP contribution is 2.25. The lowest BCUT2D eigenvalue weighted by molar-refractivity contribution is -0.128. The number of rotatable bonds is 7. The fourth-order valence-corrected chi connectivity index (χ4v) is 2.42. The number of pyridine rings is 1. The number of ether oxygens (including phenoxy) is 2. The molecule has 7 heteroatoms. The van der Waals surface area contributed by atoms with Gasteiger partial charge in [-0.1, -0.05) is 42.3 Å². The Hall–Kier alpha value is -1.98. The molecule has 1 unspecified atom stereocenters. The van der Waals surface area contributed by atoms with Crippen molar-refractivity contribution in [3.63, 3.8) is 0 Å². The van der Waals surface area contributed by atoms with Crippen molar-refractivity contribution in [1.29, 1.82) is 0 Å². The normalized spacial score (nSPS) is 11.7. The molecular weight excluding hydrogens is 351 g/mol. The van der Waals surface area contributed by atoms with Gasteiger partial charge >= 0.3 is 0 Å². The van der Waals surface area contributed by atoms with Crippen molar-refractivity contribution in [1.82, 2.24) is 10.3 Å². The second-order valence-corrected chi connectivity index (χ2v) is 5.86. The Balaban J connectivity index is 1.95. The zero-order valence-electron chi connectivity index (χ0n) is 13.4. The van der Waals surface area contributed by atoms with E-state index in [0.29, 0.717) is 18.0 Å². The van der Waals surface area contributed by atoms with E-state index in [4.69, 9.17) is 32.7 Å². The van der Waals surface area contributed by atoms with Crippen molar-refractivity contribution in [3.8, 4) is 11.6 Å². The second kappa shape index (κ2) is 8.76. The van der Waals surface area contributed by atoms with Crippen LogP contribution in [0.5, 0.6) is 11.6 Å². The van der Waals surface area contributed by atoms with Gasteiger partial charge in [-0.05, 0) is 30.2 Å². The van der Waals surface area contributed by atoms with E-state index in [1.807, 2.05) is 31.2 Å². The van der Waals surface area contributed by atoms with E-state index >= 15 is 0 Å². The number of methoxy groups -OCH3 is 1. The van der Waals surface area contributed by atoms with Crippen LogP contribution in [0.15, 0.2) is 36.5 Å². The molecule has 0 aliphatic heterocycles. The van der Waals surface area contributed by atoms with Crippen LogP contribution in [-0.4, -0.2) is 24.1 Å². The van der Waals surface area contributed by atoms with Crippen molar-refractivity contribution in [3.05, 3.63) is 52.1 Å². The molecule has 0 saturated carbocycles. The highest BCUT2D eigenvalue weighted by molar-refractivity contribution is 6.35. The Morgan fingerprint density at radius 2 is 2.00 bits per heavy atom. The predicted molar refractivity (Wildman–Crippen MR) is 93.8 cm³/mol. The summed E-state index contributed by atoms with van der Waals surface area (Å²) < 4.78 is 10.7. The van der Waals surface area contributed by atoms with Crippen LogP contribution in [0.4, 0.5) is 0 Å². The number of halogens is 2. The van der Waals surface area contributed by atoms with Gasteiger partial charge in [0.1, 0.15) is 10.8 Å². The molecule has 5 nitrogen and oxygen atoms in total. The summed E-state index contributed by atoms with van der Waals surface area (Å²) in [6.45, 7) is 2.24. The number of carbonyl (C=O) groups is 1. The third-order valence-corrected chi connectivity index (χ3v) is 3.79. The quantitative estimate of drug-likeness (QED) is 0.805. The third-order valence-electron chi connectivity index (χ3n) is 3.32. The van der Waals surface area contributed by atoms with Gasteiger partial charge < -0.3 is 14.8 Å². The zero-order chi connectivity index (χ0) is 17.5. The highest BCUT2D eigenvalue weighted by atomic mass is 35.5. The Bertz CT molecular complexity index is 693. The summed E-state index contributed by atoms with van der Waals surface area (Å²) in [7, 11) is 1.61. The minimum atomic E-state index is -0.686. The van der Waals surface area contributed by atoms with Gasteiger partial charge in [0.2, 0.25) is 5.88 Å². The maximum Gasteiger partial charge on any atom is 0.261 e. The number of hydrogen-bond acceptors (Lipinski definition) is 4. The first kappa shape index (κ1) is 18.4. The van der Waals surface area contributed by atoms with Crippen LogP contribution < -0.4 is 14.8 Å². The SMILES string of the molecule is CCC(Oc1ncc(Cl)cc1Cl)C(=O)NCc1ccc(OC)cc1. The molecule has 2 aromatic rings. The van der Waals surface area contributed by atoms with Crippen molar-refractivity contribution < 1.29 is 14.3 Å². The largest absolute Gasteiger partial charge is 0.497 e. The zero-order valence-corrected chi connectivity index (χ0v) is 14.9. The Labute approximate surface area is 150 Å². The van der Waals surface area contributed by atoms with E-state index in [1.54, 1.807) is 7.11 Å². The molecule has 0 radical (unpaired) electrons. The molecule has 1 heterocycles. The summed E-state index contributed by atoms with van der Waals surface area (Å²) in [6, 6.07) is 8.98. The van der Waals surface area contributed by atoms with Gasteiger partial charge in [-0.2, -0.15) is 0 Å². The average molecular weight is 369 g/mol. The summed E-state index contributed by atoms with van der Waals surface area (Å²) in [5.74, 6) is 0.719. The lowest BCUT2D eigenvalue weighted by Gasteiger charge is -2.17. The Morgan fingerprint density at radius 3 is 2.58 bits per heavy atom. The van der Waals surface area contributed by atoms with Crippen LogP contribution in [0.2, 0.25) is 10.0 Å².